The summed E-state index contributed by atoms with van der Waals surface area (Å²) >= 11 is 0. The Kier molecular flexibility index (Phi) is 4.72. The van der Waals surface area contributed by atoms with Gasteiger partial charge in [-0.3, -0.25) is 4.79 Å². The lowest BCUT2D eigenvalue weighted by molar-refractivity contribution is -0.123. The van der Waals surface area contributed by atoms with E-state index < -0.39 is 0 Å². The Morgan fingerprint density at radius 2 is 2.00 bits per heavy atom. The molecular weight excluding hydrogens is 260 g/mol. The molecule has 0 spiro atoms. The van der Waals surface area contributed by atoms with Crippen molar-refractivity contribution in [3.8, 4) is 0 Å². The molecule has 0 aromatic carbocycles. The predicted molar refractivity (Wildman–Crippen MR) is 87.8 cm³/mol. The number of rotatable bonds is 6. The van der Waals surface area contributed by atoms with Gasteiger partial charge in [0.25, 0.3) is 0 Å². The van der Waals surface area contributed by atoms with E-state index in [-0.39, 0.29) is 11.3 Å². The van der Waals surface area contributed by atoms with Crippen LogP contribution in [0.4, 0.5) is 0 Å². The molecule has 2 aliphatic carbocycles. The van der Waals surface area contributed by atoms with Crippen LogP contribution in [0.1, 0.15) is 66.7 Å². The number of amides is 1. The van der Waals surface area contributed by atoms with Gasteiger partial charge in [-0.25, -0.2) is 0 Å². The van der Waals surface area contributed by atoms with E-state index in [2.05, 4.69) is 39.9 Å². The van der Waals surface area contributed by atoms with E-state index in [9.17, 15) is 4.79 Å². The van der Waals surface area contributed by atoms with Gasteiger partial charge in [0.2, 0.25) is 5.91 Å². The highest BCUT2D eigenvalue weighted by molar-refractivity contribution is 5.76. The van der Waals surface area contributed by atoms with Crippen molar-refractivity contribution in [2.45, 2.75) is 72.8 Å². The van der Waals surface area contributed by atoms with E-state index in [1.807, 2.05) is 0 Å². The zero-order valence-electron chi connectivity index (χ0n) is 14.5. The highest BCUT2D eigenvalue weighted by Gasteiger charge is 2.61. The van der Waals surface area contributed by atoms with E-state index in [0.717, 1.165) is 18.8 Å². The molecule has 122 valence electrons. The molecule has 3 heteroatoms. The lowest BCUT2D eigenvalue weighted by Gasteiger charge is -2.39. The smallest absolute Gasteiger partial charge is 0.220 e. The summed E-state index contributed by atoms with van der Waals surface area (Å²) < 4.78 is 0. The lowest BCUT2D eigenvalue weighted by Crippen LogP contribution is -2.47. The zero-order valence-corrected chi connectivity index (χ0v) is 14.5. The third kappa shape index (κ3) is 2.99. The average molecular weight is 294 g/mol. The van der Waals surface area contributed by atoms with E-state index in [1.165, 1.54) is 12.8 Å². The molecule has 2 saturated carbocycles. The normalized spacial score (nSPS) is 35.2. The number of nitrogens with two attached hydrogens (primary N) is 1. The van der Waals surface area contributed by atoms with Gasteiger partial charge in [-0.05, 0) is 60.8 Å². The van der Waals surface area contributed by atoms with Gasteiger partial charge in [-0.15, -0.1) is 0 Å². The largest absolute Gasteiger partial charge is 0.353 e. The summed E-state index contributed by atoms with van der Waals surface area (Å²) in [4.78, 5) is 12.4. The van der Waals surface area contributed by atoms with E-state index in [1.54, 1.807) is 0 Å². The standard InChI is InChI=1S/C18H34N2O/c1-12(2)8-13(11-19)9-16(21)20-15-10-14-6-7-18(15,5)17(14,3)4/h12-15H,6-11,19H2,1-5H3,(H,20,21)/t13-,14?,15?,18?/m0/s1. The second-order valence-electron chi connectivity index (χ2n) is 8.67. The van der Waals surface area contributed by atoms with Crippen LogP contribution in [-0.2, 0) is 4.79 Å². The van der Waals surface area contributed by atoms with Crippen LogP contribution in [0, 0.1) is 28.6 Å². The summed E-state index contributed by atoms with van der Waals surface area (Å²) in [6.07, 6.45) is 5.37. The van der Waals surface area contributed by atoms with Crippen LogP contribution >= 0.6 is 0 Å². The topological polar surface area (TPSA) is 55.1 Å². The highest BCUT2D eigenvalue weighted by Crippen LogP contribution is 2.65. The second-order valence-corrected chi connectivity index (χ2v) is 8.67. The number of carbonyl (C=O) groups is 1. The first-order valence-corrected chi connectivity index (χ1v) is 8.70. The van der Waals surface area contributed by atoms with Crippen LogP contribution in [-0.4, -0.2) is 18.5 Å². The fourth-order valence-electron chi connectivity index (χ4n) is 4.87. The van der Waals surface area contributed by atoms with Crippen LogP contribution in [0.3, 0.4) is 0 Å². The first kappa shape index (κ1) is 16.8. The van der Waals surface area contributed by atoms with Crippen molar-refractivity contribution in [2.75, 3.05) is 6.54 Å². The van der Waals surface area contributed by atoms with Crippen molar-refractivity contribution in [3.63, 3.8) is 0 Å². The number of hydrogen-bond donors (Lipinski definition) is 2. The minimum Gasteiger partial charge on any atom is -0.353 e. The maximum absolute atomic E-state index is 12.4. The fourth-order valence-corrected chi connectivity index (χ4v) is 4.87. The molecule has 1 amide bonds. The maximum atomic E-state index is 12.4. The molecule has 2 aliphatic rings. The summed E-state index contributed by atoms with van der Waals surface area (Å²) in [5.41, 5.74) is 6.45. The molecule has 0 aliphatic heterocycles. The van der Waals surface area contributed by atoms with Gasteiger partial charge in [0.15, 0.2) is 0 Å². The summed E-state index contributed by atoms with van der Waals surface area (Å²) in [6, 6.07) is 0.358. The Morgan fingerprint density at radius 1 is 1.33 bits per heavy atom. The van der Waals surface area contributed by atoms with Crippen LogP contribution in [0.2, 0.25) is 0 Å². The first-order chi connectivity index (χ1) is 9.70. The van der Waals surface area contributed by atoms with Gasteiger partial charge < -0.3 is 11.1 Å². The van der Waals surface area contributed by atoms with Crippen LogP contribution in [0.5, 0.6) is 0 Å². The van der Waals surface area contributed by atoms with Gasteiger partial charge in [0.05, 0.1) is 0 Å². The van der Waals surface area contributed by atoms with Crippen LogP contribution in [0.15, 0.2) is 0 Å². The number of carbonyl (C=O) groups excluding carboxylic acids is 1. The van der Waals surface area contributed by atoms with Crippen LogP contribution in [0.25, 0.3) is 0 Å². The minimum atomic E-state index is 0.209. The molecule has 2 fully saturated rings. The molecule has 3 unspecified atom stereocenters. The summed E-state index contributed by atoms with van der Waals surface area (Å²) in [5, 5.41) is 3.35. The maximum Gasteiger partial charge on any atom is 0.220 e. The monoisotopic (exact) mass is 294 g/mol. The summed E-state index contributed by atoms with van der Waals surface area (Å²) in [5.74, 6) is 1.91. The van der Waals surface area contributed by atoms with E-state index in [0.29, 0.717) is 36.3 Å². The second kappa shape index (κ2) is 5.91. The van der Waals surface area contributed by atoms with Gasteiger partial charge in [0.1, 0.15) is 0 Å². The van der Waals surface area contributed by atoms with Crippen LogP contribution < -0.4 is 11.1 Å². The minimum absolute atomic E-state index is 0.209. The molecule has 2 bridgehead atoms. The van der Waals surface area contributed by atoms with Crippen molar-refractivity contribution < 1.29 is 4.79 Å². The molecule has 0 aromatic rings. The molecule has 0 heterocycles. The molecule has 3 nitrogen and oxygen atoms in total. The fraction of sp³-hybridized carbons (Fsp3) is 0.944. The van der Waals surface area contributed by atoms with Gasteiger partial charge in [0, 0.05) is 12.5 Å². The molecule has 2 rings (SSSR count). The molecule has 0 radical (unpaired) electrons. The average Bonchev–Trinajstić information content (AvgIpc) is 2.70. The SMILES string of the molecule is CC(C)C[C@H](CN)CC(=O)NC1CC2CCC1(C)C2(C)C. The van der Waals surface area contributed by atoms with Crippen molar-refractivity contribution in [1.82, 2.24) is 5.32 Å². The Bertz CT molecular complexity index is 391. The quantitative estimate of drug-likeness (QED) is 0.789. The number of hydrogen-bond acceptors (Lipinski definition) is 2. The van der Waals surface area contributed by atoms with Gasteiger partial charge in [-0.2, -0.15) is 0 Å². The summed E-state index contributed by atoms with van der Waals surface area (Å²) in [6.45, 7) is 12.2. The van der Waals surface area contributed by atoms with Crippen molar-refractivity contribution in [1.29, 1.82) is 0 Å². The Hall–Kier alpha value is -0.570. The Labute approximate surface area is 130 Å². The molecule has 21 heavy (non-hydrogen) atoms. The van der Waals surface area contributed by atoms with E-state index >= 15 is 0 Å². The Balaban J connectivity index is 1.92. The van der Waals surface area contributed by atoms with Gasteiger partial charge in [-0.1, -0.05) is 34.6 Å². The summed E-state index contributed by atoms with van der Waals surface area (Å²) in [7, 11) is 0. The van der Waals surface area contributed by atoms with Crippen molar-refractivity contribution in [2.24, 2.45) is 34.3 Å². The van der Waals surface area contributed by atoms with Crippen molar-refractivity contribution >= 4 is 5.91 Å². The first-order valence-electron chi connectivity index (χ1n) is 8.70. The molecule has 0 saturated heterocycles. The van der Waals surface area contributed by atoms with E-state index in [4.69, 9.17) is 5.73 Å². The van der Waals surface area contributed by atoms with Gasteiger partial charge >= 0.3 is 0 Å². The Morgan fingerprint density at radius 3 is 2.43 bits per heavy atom. The van der Waals surface area contributed by atoms with Crippen molar-refractivity contribution in [3.05, 3.63) is 0 Å². The number of nitrogens with one attached hydrogen (secondary N) is 1. The third-order valence-electron chi connectivity index (χ3n) is 6.74. The predicted octanol–water partition coefficient (Wildman–Crippen LogP) is 3.33. The lowest BCUT2D eigenvalue weighted by atomic mass is 9.69. The molecule has 4 atom stereocenters. The highest BCUT2D eigenvalue weighted by atomic mass is 16.1. The zero-order chi connectivity index (χ0) is 15.8. The molecular formula is C18H34N2O. The number of fused-ring (bicyclic) bond motifs is 2. The third-order valence-corrected chi connectivity index (χ3v) is 6.74. The molecule has 3 N–H and O–H groups in total. The molecule has 0 aromatic heterocycles.